The number of amides is 2. The summed E-state index contributed by atoms with van der Waals surface area (Å²) in [6.07, 6.45) is 1.53. The number of anilines is 1. The molecule has 3 rings (SSSR count). The van der Waals surface area contributed by atoms with E-state index in [1.54, 1.807) is 55.2 Å². The molecule has 0 radical (unpaired) electrons. The van der Waals surface area contributed by atoms with Gasteiger partial charge < -0.3 is 10.2 Å². The molecular weight excluding hydrogens is 396 g/mol. The molecule has 0 aliphatic heterocycles. The van der Waals surface area contributed by atoms with Crippen LogP contribution in [0.2, 0.25) is 5.02 Å². The third kappa shape index (κ3) is 4.55. The summed E-state index contributed by atoms with van der Waals surface area (Å²) >= 11 is 7.17. The highest BCUT2D eigenvalue weighted by Gasteiger charge is 2.16. The smallest absolute Gasteiger partial charge is 0.285 e. The van der Waals surface area contributed by atoms with Crippen LogP contribution in [0.15, 0.2) is 59.6 Å². The van der Waals surface area contributed by atoms with Crippen LogP contribution in [0.3, 0.4) is 0 Å². The van der Waals surface area contributed by atoms with E-state index in [-0.39, 0.29) is 11.1 Å². The van der Waals surface area contributed by atoms with Crippen LogP contribution in [0, 0.1) is 6.92 Å². The van der Waals surface area contributed by atoms with Gasteiger partial charge in [-0.15, -0.1) is 0 Å². The molecule has 1 heterocycles. The summed E-state index contributed by atoms with van der Waals surface area (Å²) in [7, 11) is 3.41. The minimum Gasteiger partial charge on any atom is -0.339 e. The largest absolute Gasteiger partial charge is 0.339 e. The summed E-state index contributed by atoms with van der Waals surface area (Å²) in [6.45, 7) is 1.83. The van der Waals surface area contributed by atoms with Crippen molar-refractivity contribution in [2.24, 2.45) is 0 Å². The van der Waals surface area contributed by atoms with Crippen LogP contribution in [-0.4, -0.2) is 39.9 Å². The van der Waals surface area contributed by atoms with Crippen molar-refractivity contribution in [2.45, 2.75) is 11.8 Å². The van der Waals surface area contributed by atoms with E-state index in [4.69, 9.17) is 11.6 Å². The number of hydrogen-bond acceptors (Lipinski definition) is 4. The Balaban J connectivity index is 1.72. The molecule has 2 aromatic carbocycles. The predicted octanol–water partition coefficient (Wildman–Crippen LogP) is 4.86. The van der Waals surface area contributed by atoms with Gasteiger partial charge in [-0.25, -0.2) is 4.68 Å². The number of benzene rings is 2. The summed E-state index contributed by atoms with van der Waals surface area (Å²) in [4.78, 5) is 26.7. The van der Waals surface area contributed by atoms with Crippen LogP contribution in [0.25, 0.3) is 5.69 Å². The van der Waals surface area contributed by atoms with Gasteiger partial charge in [0.2, 0.25) is 0 Å². The van der Waals surface area contributed by atoms with Gasteiger partial charge in [-0.05, 0) is 61.2 Å². The fraction of sp³-hybridized carbons (Fsp3) is 0.150. The molecule has 8 heteroatoms. The average molecular weight is 415 g/mol. The first-order valence-corrected chi connectivity index (χ1v) is 9.65. The zero-order valence-electron chi connectivity index (χ0n) is 15.6. The van der Waals surface area contributed by atoms with Gasteiger partial charge in [0.1, 0.15) is 0 Å². The van der Waals surface area contributed by atoms with Crippen LogP contribution >= 0.6 is 23.4 Å². The molecule has 0 atom stereocenters. The highest BCUT2D eigenvalue weighted by Crippen LogP contribution is 2.23. The molecule has 1 aromatic heterocycles. The van der Waals surface area contributed by atoms with Crippen LogP contribution < -0.4 is 5.32 Å². The van der Waals surface area contributed by atoms with Crippen LogP contribution in [-0.2, 0) is 0 Å². The van der Waals surface area contributed by atoms with Crippen molar-refractivity contribution in [3.8, 4) is 5.69 Å². The Morgan fingerprint density at radius 3 is 2.50 bits per heavy atom. The van der Waals surface area contributed by atoms with Crippen molar-refractivity contribution in [3.05, 3.63) is 71.0 Å². The highest BCUT2D eigenvalue weighted by atomic mass is 35.5. The summed E-state index contributed by atoms with van der Waals surface area (Å²) in [5, 5.41) is 7.71. The second-order valence-electron chi connectivity index (χ2n) is 6.28. The van der Waals surface area contributed by atoms with Gasteiger partial charge in [0.05, 0.1) is 23.1 Å². The third-order valence-corrected chi connectivity index (χ3v) is 5.27. The molecule has 144 valence electrons. The minimum atomic E-state index is -0.254. The predicted molar refractivity (Wildman–Crippen MR) is 113 cm³/mol. The Kier molecular flexibility index (Phi) is 6.06. The molecule has 2 amide bonds. The first kappa shape index (κ1) is 20.0. The SMILES string of the molecule is Cc1c(C(=O)Nc2ccc(SC(=O)N(C)C)cc2)cnn1-c1cccc(Cl)c1. The van der Waals surface area contributed by atoms with E-state index >= 15 is 0 Å². The lowest BCUT2D eigenvalue weighted by molar-refractivity contribution is 0.102. The lowest BCUT2D eigenvalue weighted by Crippen LogP contribution is -2.16. The van der Waals surface area contributed by atoms with E-state index in [2.05, 4.69) is 10.4 Å². The molecule has 0 fully saturated rings. The van der Waals surface area contributed by atoms with E-state index < -0.39 is 0 Å². The second-order valence-corrected chi connectivity index (χ2v) is 7.74. The van der Waals surface area contributed by atoms with E-state index in [9.17, 15) is 9.59 Å². The maximum Gasteiger partial charge on any atom is 0.285 e. The number of nitrogens with one attached hydrogen (secondary N) is 1. The Bertz CT molecular complexity index is 1020. The Labute approximate surface area is 172 Å². The van der Waals surface area contributed by atoms with Crippen molar-refractivity contribution >= 4 is 40.2 Å². The number of rotatable bonds is 4. The molecule has 0 saturated heterocycles. The average Bonchev–Trinajstić information content (AvgIpc) is 3.04. The number of carbonyl (C=O) groups is 2. The number of hydrogen-bond donors (Lipinski definition) is 1. The first-order valence-electron chi connectivity index (χ1n) is 8.46. The molecule has 3 aromatic rings. The van der Waals surface area contributed by atoms with Crippen LogP contribution in [0.4, 0.5) is 10.5 Å². The lowest BCUT2D eigenvalue weighted by atomic mass is 10.2. The molecule has 0 spiro atoms. The lowest BCUT2D eigenvalue weighted by Gasteiger charge is -2.10. The van der Waals surface area contributed by atoms with Gasteiger partial charge in [0.15, 0.2) is 0 Å². The fourth-order valence-corrected chi connectivity index (χ4v) is 3.34. The molecule has 28 heavy (non-hydrogen) atoms. The zero-order valence-corrected chi connectivity index (χ0v) is 17.2. The summed E-state index contributed by atoms with van der Waals surface area (Å²) < 4.78 is 1.67. The maximum atomic E-state index is 12.6. The number of nitrogens with zero attached hydrogens (tertiary/aromatic N) is 3. The minimum absolute atomic E-state index is 0.0548. The van der Waals surface area contributed by atoms with E-state index in [1.807, 2.05) is 19.1 Å². The maximum absolute atomic E-state index is 12.6. The van der Waals surface area contributed by atoms with Gasteiger partial charge in [-0.3, -0.25) is 9.59 Å². The molecule has 0 saturated carbocycles. The molecule has 0 bridgehead atoms. The number of thioether (sulfide) groups is 1. The molecule has 1 N–H and O–H groups in total. The van der Waals surface area contributed by atoms with Gasteiger partial charge in [0.25, 0.3) is 11.1 Å². The van der Waals surface area contributed by atoms with Crippen LogP contribution in [0.1, 0.15) is 16.1 Å². The van der Waals surface area contributed by atoms with Crippen molar-refractivity contribution in [2.75, 3.05) is 19.4 Å². The Morgan fingerprint density at radius 1 is 1.14 bits per heavy atom. The first-order chi connectivity index (χ1) is 13.3. The van der Waals surface area contributed by atoms with E-state index in [0.717, 1.165) is 22.3 Å². The molecule has 0 aliphatic rings. The van der Waals surface area contributed by atoms with Crippen molar-refractivity contribution < 1.29 is 9.59 Å². The van der Waals surface area contributed by atoms with Gasteiger partial charge >= 0.3 is 0 Å². The fourth-order valence-electron chi connectivity index (χ4n) is 2.50. The molecule has 0 unspecified atom stereocenters. The summed E-state index contributed by atoms with van der Waals surface area (Å²) in [6, 6.07) is 14.4. The van der Waals surface area contributed by atoms with Crippen molar-refractivity contribution in [1.29, 1.82) is 0 Å². The van der Waals surface area contributed by atoms with Gasteiger partial charge in [0, 0.05) is 29.7 Å². The second kappa shape index (κ2) is 8.50. The number of aromatic nitrogens is 2. The molecular formula is C20H19ClN4O2S. The topological polar surface area (TPSA) is 67.2 Å². The molecule has 6 nitrogen and oxygen atoms in total. The summed E-state index contributed by atoms with van der Waals surface area (Å²) in [5.41, 5.74) is 2.61. The molecule has 0 aliphatic carbocycles. The van der Waals surface area contributed by atoms with Gasteiger partial charge in [-0.1, -0.05) is 17.7 Å². The Morgan fingerprint density at radius 2 is 1.86 bits per heavy atom. The van der Waals surface area contributed by atoms with Crippen LogP contribution in [0.5, 0.6) is 0 Å². The Hall–Kier alpha value is -2.77. The normalized spacial score (nSPS) is 10.6. The highest BCUT2D eigenvalue weighted by molar-refractivity contribution is 8.13. The van der Waals surface area contributed by atoms with Gasteiger partial charge in [-0.2, -0.15) is 5.10 Å². The standard InChI is InChI=1S/C20H19ClN4O2S/c1-13-18(12-22-25(13)16-6-4-5-14(21)11-16)19(26)23-15-7-9-17(10-8-15)28-20(27)24(2)3/h4-12H,1-3H3,(H,23,26). The number of halogens is 1. The number of carbonyl (C=O) groups excluding carboxylic acids is 2. The third-order valence-electron chi connectivity index (χ3n) is 3.99. The quantitative estimate of drug-likeness (QED) is 0.619. The zero-order chi connectivity index (χ0) is 20.3. The monoisotopic (exact) mass is 414 g/mol. The van der Waals surface area contributed by atoms with E-state index in [1.165, 1.54) is 11.1 Å². The van der Waals surface area contributed by atoms with Crippen molar-refractivity contribution in [1.82, 2.24) is 14.7 Å². The summed E-state index contributed by atoms with van der Waals surface area (Å²) in [5.74, 6) is -0.254. The van der Waals surface area contributed by atoms with E-state index in [0.29, 0.717) is 22.0 Å². The van der Waals surface area contributed by atoms with Crippen molar-refractivity contribution in [3.63, 3.8) is 0 Å².